The predicted molar refractivity (Wildman–Crippen MR) is 86.2 cm³/mol. The van der Waals surface area contributed by atoms with Gasteiger partial charge in [0.25, 0.3) is 0 Å². The molecule has 1 saturated heterocycles. The Balaban J connectivity index is 1.53. The number of carbonyl (C=O) groups is 1. The second kappa shape index (κ2) is 9.57. The lowest BCUT2D eigenvalue weighted by Crippen LogP contribution is -2.44. The van der Waals surface area contributed by atoms with Gasteiger partial charge >= 0.3 is 0 Å². The molecular formula is C17H25F2N3O. The number of hydrogen-bond donors (Lipinski definition) is 2. The van der Waals surface area contributed by atoms with E-state index in [4.69, 9.17) is 0 Å². The molecule has 1 aromatic rings. The summed E-state index contributed by atoms with van der Waals surface area (Å²) in [6.45, 7) is 5.92. The van der Waals surface area contributed by atoms with E-state index >= 15 is 0 Å². The molecule has 0 atom stereocenters. The van der Waals surface area contributed by atoms with Crippen LogP contribution in [0.15, 0.2) is 18.2 Å². The molecular weight excluding hydrogens is 300 g/mol. The normalized spacial score (nSPS) is 15.6. The van der Waals surface area contributed by atoms with Crippen molar-refractivity contribution in [2.45, 2.75) is 25.7 Å². The number of hydrogen-bond acceptors (Lipinski definition) is 3. The van der Waals surface area contributed by atoms with Gasteiger partial charge in [-0.25, -0.2) is 8.78 Å². The van der Waals surface area contributed by atoms with Gasteiger partial charge in [-0.2, -0.15) is 0 Å². The Bertz CT molecular complexity index is 505. The first-order valence-corrected chi connectivity index (χ1v) is 8.29. The zero-order valence-electron chi connectivity index (χ0n) is 13.4. The minimum atomic E-state index is -0.837. The summed E-state index contributed by atoms with van der Waals surface area (Å²) in [5.74, 6) is -1.65. The molecule has 0 unspecified atom stereocenters. The van der Waals surface area contributed by atoms with E-state index in [0.717, 1.165) is 50.8 Å². The molecule has 128 valence electrons. The van der Waals surface area contributed by atoms with Crippen LogP contribution >= 0.6 is 0 Å². The topological polar surface area (TPSA) is 44.4 Å². The molecule has 1 heterocycles. The van der Waals surface area contributed by atoms with E-state index in [1.165, 1.54) is 6.07 Å². The Morgan fingerprint density at radius 1 is 1.17 bits per heavy atom. The van der Waals surface area contributed by atoms with Crippen LogP contribution in [0.5, 0.6) is 0 Å². The molecule has 0 bridgehead atoms. The summed E-state index contributed by atoms with van der Waals surface area (Å²) in [5.41, 5.74) is 0.718. The molecule has 1 fully saturated rings. The fourth-order valence-electron chi connectivity index (χ4n) is 2.70. The zero-order chi connectivity index (χ0) is 16.5. The van der Waals surface area contributed by atoms with Crippen molar-refractivity contribution in [3.63, 3.8) is 0 Å². The first-order valence-electron chi connectivity index (χ1n) is 8.29. The van der Waals surface area contributed by atoms with Gasteiger partial charge in [0.1, 0.15) is 0 Å². The number of nitrogens with one attached hydrogen (secondary N) is 2. The van der Waals surface area contributed by atoms with Gasteiger partial charge in [-0.15, -0.1) is 0 Å². The third-order valence-electron chi connectivity index (χ3n) is 4.04. The maximum atomic E-state index is 13.1. The van der Waals surface area contributed by atoms with Crippen LogP contribution < -0.4 is 10.6 Å². The fourth-order valence-corrected chi connectivity index (χ4v) is 2.70. The molecule has 1 aliphatic heterocycles. The van der Waals surface area contributed by atoms with Gasteiger partial charge in [0.15, 0.2) is 11.6 Å². The Kier molecular flexibility index (Phi) is 7.42. The van der Waals surface area contributed by atoms with E-state index in [1.807, 2.05) is 0 Å². The van der Waals surface area contributed by atoms with Gasteiger partial charge in [-0.3, -0.25) is 4.79 Å². The van der Waals surface area contributed by atoms with Gasteiger partial charge in [-0.05, 0) is 43.5 Å². The summed E-state index contributed by atoms with van der Waals surface area (Å²) in [4.78, 5) is 14.1. The lowest BCUT2D eigenvalue weighted by atomic mass is 10.1. The molecule has 1 aromatic carbocycles. The van der Waals surface area contributed by atoms with E-state index in [9.17, 15) is 13.6 Å². The smallest absolute Gasteiger partial charge is 0.220 e. The molecule has 1 aliphatic rings. The summed E-state index contributed by atoms with van der Waals surface area (Å²) >= 11 is 0. The molecule has 4 nitrogen and oxygen atoms in total. The molecule has 0 aliphatic carbocycles. The molecule has 0 aromatic heterocycles. The van der Waals surface area contributed by atoms with Crippen molar-refractivity contribution in [2.75, 3.05) is 39.3 Å². The molecule has 0 spiro atoms. The Labute approximate surface area is 136 Å². The third-order valence-corrected chi connectivity index (χ3v) is 4.04. The van der Waals surface area contributed by atoms with Crippen LogP contribution in [0.4, 0.5) is 8.78 Å². The van der Waals surface area contributed by atoms with Crippen molar-refractivity contribution >= 4 is 5.91 Å². The quantitative estimate of drug-likeness (QED) is 0.715. The number of nitrogens with zero attached hydrogens (tertiary/aromatic N) is 1. The number of benzene rings is 1. The number of rotatable bonds is 8. The van der Waals surface area contributed by atoms with E-state index in [2.05, 4.69) is 15.5 Å². The average Bonchev–Trinajstić information content (AvgIpc) is 2.56. The number of carbonyl (C=O) groups excluding carboxylic acids is 1. The van der Waals surface area contributed by atoms with Gasteiger partial charge in [0, 0.05) is 39.1 Å². The summed E-state index contributed by atoms with van der Waals surface area (Å²) < 4.78 is 25.9. The molecule has 1 amide bonds. The highest BCUT2D eigenvalue weighted by molar-refractivity contribution is 5.75. The number of piperazine rings is 1. The van der Waals surface area contributed by atoms with Crippen molar-refractivity contribution in [3.8, 4) is 0 Å². The third kappa shape index (κ3) is 6.62. The minimum absolute atomic E-state index is 0.0212. The summed E-state index contributed by atoms with van der Waals surface area (Å²) in [7, 11) is 0. The Hall–Kier alpha value is -1.53. The molecule has 23 heavy (non-hydrogen) atoms. The van der Waals surface area contributed by atoms with E-state index in [0.29, 0.717) is 25.8 Å². The zero-order valence-corrected chi connectivity index (χ0v) is 13.4. The second-order valence-corrected chi connectivity index (χ2v) is 5.90. The molecule has 2 rings (SSSR count). The van der Waals surface area contributed by atoms with E-state index in [1.54, 1.807) is 6.07 Å². The maximum Gasteiger partial charge on any atom is 0.220 e. The van der Waals surface area contributed by atoms with E-state index < -0.39 is 11.6 Å². The highest BCUT2D eigenvalue weighted by atomic mass is 19.2. The summed E-state index contributed by atoms with van der Waals surface area (Å²) in [6, 6.07) is 3.88. The van der Waals surface area contributed by atoms with Crippen molar-refractivity contribution in [2.24, 2.45) is 0 Å². The maximum absolute atomic E-state index is 13.1. The van der Waals surface area contributed by atoms with Gasteiger partial charge in [0.05, 0.1) is 0 Å². The number of aryl methyl sites for hydroxylation is 1. The van der Waals surface area contributed by atoms with E-state index in [-0.39, 0.29) is 5.91 Å². The molecule has 6 heteroatoms. The van der Waals surface area contributed by atoms with Gasteiger partial charge in [0.2, 0.25) is 5.91 Å². The van der Waals surface area contributed by atoms with Crippen molar-refractivity contribution in [1.82, 2.24) is 15.5 Å². The largest absolute Gasteiger partial charge is 0.356 e. The molecule has 2 N–H and O–H groups in total. The Morgan fingerprint density at radius 3 is 2.70 bits per heavy atom. The van der Waals surface area contributed by atoms with Crippen LogP contribution in [0, 0.1) is 11.6 Å². The SMILES string of the molecule is O=C(CCCc1ccc(F)c(F)c1)NCCCN1CCNCC1. The lowest BCUT2D eigenvalue weighted by molar-refractivity contribution is -0.121. The average molecular weight is 325 g/mol. The van der Waals surface area contributed by atoms with Crippen LogP contribution in [-0.4, -0.2) is 50.1 Å². The highest BCUT2D eigenvalue weighted by Gasteiger charge is 2.09. The number of halogens is 2. The highest BCUT2D eigenvalue weighted by Crippen LogP contribution is 2.11. The van der Waals surface area contributed by atoms with Crippen molar-refractivity contribution in [1.29, 1.82) is 0 Å². The van der Waals surface area contributed by atoms with Crippen LogP contribution in [0.1, 0.15) is 24.8 Å². The monoisotopic (exact) mass is 325 g/mol. The first kappa shape index (κ1) is 17.8. The number of amides is 1. The van der Waals surface area contributed by atoms with Crippen molar-refractivity contribution in [3.05, 3.63) is 35.4 Å². The lowest BCUT2D eigenvalue weighted by Gasteiger charge is -2.27. The minimum Gasteiger partial charge on any atom is -0.356 e. The van der Waals surface area contributed by atoms with Gasteiger partial charge in [-0.1, -0.05) is 6.07 Å². The standard InChI is InChI=1S/C17H25F2N3O/c18-15-6-5-14(13-16(15)19)3-1-4-17(23)21-7-2-10-22-11-8-20-9-12-22/h5-6,13,20H,1-4,7-12H2,(H,21,23). The van der Waals surface area contributed by atoms with Gasteiger partial charge < -0.3 is 15.5 Å². The van der Waals surface area contributed by atoms with Crippen LogP contribution in [0.3, 0.4) is 0 Å². The molecule has 0 saturated carbocycles. The van der Waals surface area contributed by atoms with Crippen molar-refractivity contribution < 1.29 is 13.6 Å². The first-order chi connectivity index (χ1) is 11.1. The fraction of sp³-hybridized carbons (Fsp3) is 0.588. The summed E-state index contributed by atoms with van der Waals surface area (Å²) in [6.07, 6.45) is 2.57. The van der Waals surface area contributed by atoms with Crippen LogP contribution in [-0.2, 0) is 11.2 Å². The van der Waals surface area contributed by atoms with Crippen LogP contribution in [0.2, 0.25) is 0 Å². The van der Waals surface area contributed by atoms with Crippen LogP contribution in [0.25, 0.3) is 0 Å². The predicted octanol–water partition coefficient (Wildman–Crippen LogP) is 1.70. The summed E-state index contributed by atoms with van der Waals surface area (Å²) in [5, 5.41) is 6.22. The Morgan fingerprint density at radius 2 is 1.96 bits per heavy atom. The molecule has 0 radical (unpaired) electrons. The second-order valence-electron chi connectivity index (χ2n) is 5.90.